The minimum Gasteiger partial charge on any atom is -0.344 e. The molecule has 0 spiro atoms. The fourth-order valence-corrected chi connectivity index (χ4v) is 2.52. The molecule has 19 heavy (non-hydrogen) atoms. The zero-order valence-electron chi connectivity index (χ0n) is 12.1. The van der Waals surface area contributed by atoms with Crippen LogP contribution in [0, 0.1) is 5.92 Å². The molecule has 1 aromatic rings. The smallest absolute Gasteiger partial charge is 0.239 e. The van der Waals surface area contributed by atoms with Gasteiger partial charge in [0.05, 0.1) is 6.04 Å². The lowest BCUT2D eigenvalue weighted by Crippen LogP contribution is -2.36. The number of carbonyl (C=O) groups excluding carboxylic acids is 1. The number of likely N-dealkylation sites (tertiary alicyclic amines) is 1. The van der Waals surface area contributed by atoms with Crippen LogP contribution in [-0.2, 0) is 17.8 Å². The Morgan fingerprint density at radius 1 is 1.26 bits per heavy atom. The van der Waals surface area contributed by atoms with E-state index in [1.54, 1.807) is 4.90 Å². The van der Waals surface area contributed by atoms with Gasteiger partial charge in [-0.3, -0.25) is 4.79 Å². The zero-order chi connectivity index (χ0) is 13.8. The summed E-state index contributed by atoms with van der Waals surface area (Å²) in [5.74, 6) is 0.909. The number of hydrogen-bond acceptors (Lipinski definition) is 2. The highest BCUT2D eigenvalue weighted by molar-refractivity contribution is 5.83. The molecule has 0 bridgehead atoms. The Bertz CT molecular complexity index is 425. The van der Waals surface area contributed by atoms with Crippen molar-refractivity contribution >= 4 is 5.91 Å². The van der Waals surface area contributed by atoms with Crippen molar-refractivity contribution < 1.29 is 4.79 Å². The van der Waals surface area contributed by atoms with Gasteiger partial charge in [-0.05, 0) is 29.9 Å². The number of amides is 1. The van der Waals surface area contributed by atoms with Crippen molar-refractivity contribution in [3.05, 3.63) is 35.4 Å². The van der Waals surface area contributed by atoms with Crippen molar-refractivity contribution in [1.29, 1.82) is 0 Å². The lowest BCUT2D eigenvalue weighted by molar-refractivity contribution is -0.128. The maximum absolute atomic E-state index is 11.8. The van der Waals surface area contributed by atoms with Crippen LogP contribution in [0.25, 0.3) is 0 Å². The topological polar surface area (TPSA) is 32.3 Å². The lowest BCUT2D eigenvalue weighted by Gasteiger charge is -2.12. The molecule has 1 unspecified atom stereocenters. The number of rotatable bonds is 5. The highest BCUT2D eigenvalue weighted by Gasteiger charge is 2.28. The van der Waals surface area contributed by atoms with Crippen LogP contribution in [-0.4, -0.2) is 30.4 Å². The number of hydrogen-bond donors (Lipinski definition) is 1. The van der Waals surface area contributed by atoms with Gasteiger partial charge in [0.1, 0.15) is 0 Å². The maximum Gasteiger partial charge on any atom is 0.239 e. The average molecular weight is 260 g/mol. The number of likely N-dealkylation sites (N-methyl/N-ethyl adjacent to an activating group) is 1. The molecule has 0 aromatic heterocycles. The summed E-state index contributed by atoms with van der Waals surface area (Å²) < 4.78 is 0. The second-order valence-corrected chi connectivity index (χ2v) is 5.90. The molecule has 1 aliphatic heterocycles. The van der Waals surface area contributed by atoms with Crippen molar-refractivity contribution in [2.75, 3.05) is 13.6 Å². The Balaban J connectivity index is 1.85. The molecule has 3 heteroatoms. The van der Waals surface area contributed by atoms with Gasteiger partial charge in [-0.1, -0.05) is 38.1 Å². The summed E-state index contributed by atoms with van der Waals surface area (Å²) in [6.45, 7) is 6.10. The van der Waals surface area contributed by atoms with Crippen molar-refractivity contribution in [2.24, 2.45) is 5.92 Å². The molecule has 1 amide bonds. The van der Waals surface area contributed by atoms with Gasteiger partial charge in [0.15, 0.2) is 0 Å². The van der Waals surface area contributed by atoms with Crippen molar-refractivity contribution in [3.63, 3.8) is 0 Å². The first-order chi connectivity index (χ1) is 9.06. The molecule has 1 N–H and O–H groups in total. The third kappa shape index (κ3) is 3.80. The number of nitrogens with one attached hydrogen (secondary N) is 1. The quantitative estimate of drug-likeness (QED) is 0.880. The van der Waals surface area contributed by atoms with Crippen LogP contribution in [0.15, 0.2) is 24.3 Å². The Kier molecular flexibility index (Phi) is 4.59. The Morgan fingerprint density at radius 2 is 1.89 bits per heavy atom. The third-order valence-corrected chi connectivity index (χ3v) is 3.65. The monoisotopic (exact) mass is 260 g/mol. The van der Waals surface area contributed by atoms with E-state index in [0.717, 1.165) is 25.9 Å². The van der Waals surface area contributed by atoms with E-state index in [4.69, 9.17) is 0 Å². The zero-order valence-corrected chi connectivity index (χ0v) is 12.1. The van der Waals surface area contributed by atoms with Crippen LogP contribution in [0.2, 0.25) is 0 Å². The van der Waals surface area contributed by atoms with Crippen LogP contribution < -0.4 is 5.32 Å². The Labute approximate surface area is 116 Å². The lowest BCUT2D eigenvalue weighted by atomic mass is 10.0. The summed E-state index contributed by atoms with van der Waals surface area (Å²) in [7, 11) is 1.87. The van der Waals surface area contributed by atoms with Crippen molar-refractivity contribution in [3.8, 4) is 0 Å². The number of carbonyl (C=O) groups is 1. The third-order valence-electron chi connectivity index (χ3n) is 3.65. The molecule has 104 valence electrons. The van der Waals surface area contributed by atoms with E-state index in [9.17, 15) is 4.79 Å². The predicted molar refractivity (Wildman–Crippen MR) is 77.9 cm³/mol. The molecule has 1 aliphatic rings. The molecule has 1 fully saturated rings. The summed E-state index contributed by atoms with van der Waals surface area (Å²) in [6.07, 6.45) is 2.04. The van der Waals surface area contributed by atoms with E-state index in [1.807, 2.05) is 7.05 Å². The van der Waals surface area contributed by atoms with Crippen molar-refractivity contribution in [2.45, 2.75) is 39.3 Å². The minimum atomic E-state index is 0.000315. The normalized spacial score (nSPS) is 19.5. The molecule has 0 radical (unpaired) electrons. The van der Waals surface area contributed by atoms with Gasteiger partial charge in [0, 0.05) is 20.1 Å². The van der Waals surface area contributed by atoms with E-state index in [1.165, 1.54) is 11.1 Å². The van der Waals surface area contributed by atoms with Crippen LogP contribution in [0.3, 0.4) is 0 Å². The van der Waals surface area contributed by atoms with E-state index in [2.05, 4.69) is 43.4 Å². The fraction of sp³-hybridized carbons (Fsp3) is 0.562. The first-order valence-corrected chi connectivity index (χ1v) is 7.12. The van der Waals surface area contributed by atoms with Gasteiger partial charge in [0.2, 0.25) is 5.91 Å². The fourth-order valence-electron chi connectivity index (χ4n) is 2.52. The van der Waals surface area contributed by atoms with Gasteiger partial charge in [-0.25, -0.2) is 0 Å². The molecule has 1 atom stereocenters. The summed E-state index contributed by atoms with van der Waals surface area (Å²) in [5.41, 5.74) is 2.63. The Morgan fingerprint density at radius 3 is 2.42 bits per heavy atom. The molecule has 0 aliphatic carbocycles. The van der Waals surface area contributed by atoms with E-state index in [-0.39, 0.29) is 11.9 Å². The van der Waals surface area contributed by atoms with Crippen molar-refractivity contribution in [1.82, 2.24) is 10.2 Å². The first kappa shape index (κ1) is 14.1. The second kappa shape index (κ2) is 6.20. The molecule has 3 nitrogen and oxygen atoms in total. The van der Waals surface area contributed by atoms with Gasteiger partial charge in [0.25, 0.3) is 0 Å². The molecule has 1 saturated heterocycles. The maximum atomic E-state index is 11.8. The van der Waals surface area contributed by atoms with Gasteiger partial charge >= 0.3 is 0 Å². The average Bonchev–Trinajstić information content (AvgIpc) is 2.69. The largest absolute Gasteiger partial charge is 0.344 e. The Hall–Kier alpha value is -1.35. The SMILES string of the molecule is CC(C)Cc1ccc(CNC2CCN(C)C2=O)cc1. The molecule has 2 rings (SSSR count). The van der Waals surface area contributed by atoms with E-state index in [0.29, 0.717) is 5.92 Å². The summed E-state index contributed by atoms with van der Waals surface area (Å²) in [4.78, 5) is 13.6. The minimum absolute atomic E-state index is 0.000315. The predicted octanol–water partition coefficient (Wildman–Crippen LogP) is 2.21. The first-order valence-electron chi connectivity index (χ1n) is 7.12. The molecule has 1 heterocycles. The number of nitrogens with zero attached hydrogens (tertiary/aromatic N) is 1. The van der Waals surface area contributed by atoms with Gasteiger partial charge < -0.3 is 10.2 Å². The van der Waals surface area contributed by atoms with E-state index >= 15 is 0 Å². The van der Waals surface area contributed by atoms with E-state index < -0.39 is 0 Å². The second-order valence-electron chi connectivity index (χ2n) is 5.90. The van der Waals surface area contributed by atoms with Gasteiger partial charge in [-0.15, -0.1) is 0 Å². The summed E-state index contributed by atoms with van der Waals surface area (Å²) in [5, 5.41) is 3.35. The molecule has 0 saturated carbocycles. The highest BCUT2D eigenvalue weighted by atomic mass is 16.2. The van der Waals surface area contributed by atoms with Gasteiger partial charge in [-0.2, -0.15) is 0 Å². The molecule has 1 aromatic carbocycles. The van der Waals surface area contributed by atoms with Crippen LogP contribution >= 0.6 is 0 Å². The van der Waals surface area contributed by atoms with Crippen LogP contribution in [0.1, 0.15) is 31.4 Å². The summed E-state index contributed by atoms with van der Waals surface area (Å²) in [6, 6.07) is 8.71. The standard InChI is InChI=1S/C16H24N2O/c1-12(2)10-13-4-6-14(7-5-13)11-17-15-8-9-18(3)16(15)19/h4-7,12,15,17H,8-11H2,1-3H3. The molecular formula is C16H24N2O. The highest BCUT2D eigenvalue weighted by Crippen LogP contribution is 2.12. The molecular weight excluding hydrogens is 236 g/mol. The number of benzene rings is 1. The van der Waals surface area contributed by atoms with Crippen LogP contribution in [0.5, 0.6) is 0 Å². The van der Waals surface area contributed by atoms with Crippen LogP contribution in [0.4, 0.5) is 0 Å². The summed E-state index contributed by atoms with van der Waals surface area (Å²) >= 11 is 0.